The average Bonchev–Trinajstić information content (AvgIpc) is 3.04. The van der Waals surface area contributed by atoms with Gasteiger partial charge in [-0.1, -0.05) is 0 Å². The van der Waals surface area contributed by atoms with Gasteiger partial charge in [-0.15, -0.1) is 0 Å². The first kappa shape index (κ1) is 16.8. The minimum atomic E-state index is -0.0572. The molecule has 0 saturated carbocycles. The summed E-state index contributed by atoms with van der Waals surface area (Å²) < 4.78 is 11.1. The molecule has 6 heteroatoms. The summed E-state index contributed by atoms with van der Waals surface area (Å²) in [5.74, 6) is 1.67. The summed E-state index contributed by atoms with van der Waals surface area (Å²) in [4.78, 5) is 16.4. The fourth-order valence-corrected chi connectivity index (χ4v) is 2.50. The maximum atomic E-state index is 12.6. The van der Waals surface area contributed by atoms with E-state index in [-0.39, 0.29) is 18.2 Å². The van der Waals surface area contributed by atoms with Gasteiger partial charge in [-0.25, -0.2) is 4.79 Å². The van der Waals surface area contributed by atoms with Crippen LogP contribution in [0.15, 0.2) is 16.5 Å². The molecule has 1 aliphatic heterocycles. The second-order valence-corrected chi connectivity index (χ2v) is 6.16. The van der Waals surface area contributed by atoms with Crippen LogP contribution in [0.2, 0.25) is 0 Å². The molecule has 0 aromatic carbocycles. The second-order valence-electron chi connectivity index (χ2n) is 6.16. The number of nitrogens with one attached hydrogen (secondary N) is 1. The number of carbonyl (C=O) groups is 1. The van der Waals surface area contributed by atoms with E-state index in [1.54, 1.807) is 4.90 Å². The number of ether oxygens (including phenoxy) is 1. The summed E-state index contributed by atoms with van der Waals surface area (Å²) >= 11 is 0. The first-order valence-corrected chi connectivity index (χ1v) is 7.83. The molecule has 0 unspecified atom stereocenters. The van der Waals surface area contributed by atoms with E-state index >= 15 is 0 Å². The highest BCUT2D eigenvalue weighted by Crippen LogP contribution is 2.14. The monoisotopic (exact) mass is 309 g/mol. The number of urea groups is 1. The van der Waals surface area contributed by atoms with Crippen molar-refractivity contribution in [3.05, 3.63) is 23.7 Å². The van der Waals surface area contributed by atoms with Crippen LogP contribution >= 0.6 is 0 Å². The molecule has 2 amide bonds. The second kappa shape index (κ2) is 7.65. The first-order valence-electron chi connectivity index (χ1n) is 7.83. The zero-order valence-corrected chi connectivity index (χ0v) is 14.0. The Hall–Kier alpha value is -1.53. The molecule has 1 aliphatic rings. The van der Waals surface area contributed by atoms with Crippen molar-refractivity contribution >= 4 is 6.03 Å². The molecule has 124 valence electrons. The smallest absolute Gasteiger partial charge is 0.318 e. The Balaban J connectivity index is 1.97. The van der Waals surface area contributed by atoms with Gasteiger partial charge in [-0.3, -0.25) is 0 Å². The summed E-state index contributed by atoms with van der Waals surface area (Å²) in [6, 6.07) is 3.88. The number of hydrogen-bond donors (Lipinski definition) is 1. The van der Waals surface area contributed by atoms with Crippen molar-refractivity contribution in [2.75, 3.05) is 33.8 Å². The molecule has 0 radical (unpaired) electrons. The number of amides is 2. The highest BCUT2D eigenvalue weighted by atomic mass is 16.5. The first-order chi connectivity index (χ1) is 10.5. The maximum absolute atomic E-state index is 12.6. The highest BCUT2D eigenvalue weighted by molar-refractivity contribution is 5.74. The fourth-order valence-electron chi connectivity index (χ4n) is 2.50. The van der Waals surface area contributed by atoms with Crippen LogP contribution in [0, 0.1) is 6.92 Å². The van der Waals surface area contributed by atoms with Crippen molar-refractivity contribution in [2.24, 2.45) is 0 Å². The van der Waals surface area contributed by atoms with E-state index in [1.165, 1.54) is 0 Å². The van der Waals surface area contributed by atoms with Gasteiger partial charge in [0.1, 0.15) is 11.5 Å². The zero-order chi connectivity index (χ0) is 16.1. The van der Waals surface area contributed by atoms with Gasteiger partial charge in [0.15, 0.2) is 0 Å². The topological polar surface area (TPSA) is 58.0 Å². The number of carbonyl (C=O) groups excluding carboxylic acids is 1. The van der Waals surface area contributed by atoms with E-state index in [0.717, 1.165) is 24.5 Å². The molecule has 1 N–H and O–H groups in total. The Morgan fingerprint density at radius 3 is 2.68 bits per heavy atom. The lowest BCUT2D eigenvalue weighted by molar-refractivity contribution is 0.111. The third-order valence-electron chi connectivity index (χ3n) is 3.93. The quantitative estimate of drug-likeness (QED) is 0.871. The number of furan rings is 1. The van der Waals surface area contributed by atoms with Crippen molar-refractivity contribution in [1.29, 1.82) is 0 Å². The number of rotatable bonds is 6. The molecular weight excluding hydrogens is 282 g/mol. The van der Waals surface area contributed by atoms with Gasteiger partial charge in [0.25, 0.3) is 0 Å². The van der Waals surface area contributed by atoms with Crippen LogP contribution in [0.3, 0.4) is 0 Å². The summed E-state index contributed by atoms with van der Waals surface area (Å²) in [5.41, 5.74) is 0. The summed E-state index contributed by atoms with van der Waals surface area (Å²) in [6.07, 6.45) is 0.944. The molecule has 2 rings (SSSR count). The van der Waals surface area contributed by atoms with E-state index in [4.69, 9.17) is 9.15 Å². The van der Waals surface area contributed by atoms with E-state index < -0.39 is 0 Å². The molecule has 2 atom stereocenters. The van der Waals surface area contributed by atoms with Gasteiger partial charge in [0.05, 0.1) is 18.7 Å². The zero-order valence-electron chi connectivity index (χ0n) is 14.0. The Bertz CT molecular complexity index is 487. The maximum Gasteiger partial charge on any atom is 0.318 e. The Morgan fingerprint density at radius 1 is 1.36 bits per heavy atom. The van der Waals surface area contributed by atoms with Crippen molar-refractivity contribution in [3.63, 3.8) is 0 Å². The van der Waals surface area contributed by atoms with Crippen LogP contribution in [0.1, 0.15) is 24.9 Å². The fraction of sp³-hybridized carbons (Fsp3) is 0.688. The predicted octanol–water partition coefficient (Wildman–Crippen LogP) is 1.84. The lowest BCUT2D eigenvalue weighted by Gasteiger charge is -2.26. The third-order valence-corrected chi connectivity index (χ3v) is 3.93. The Kier molecular flexibility index (Phi) is 5.85. The molecule has 1 aromatic heterocycles. The van der Waals surface area contributed by atoms with E-state index in [9.17, 15) is 4.79 Å². The minimum Gasteiger partial charge on any atom is -0.464 e. The molecule has 2 heterocycles. The molecule has 0 bridgehead atoms. The van der Waals surface area contributed by atoms with Gasteiger partial charge in [-0.05, 0) is 46.5 Å². The lowest BCUT2D eigenvalue weighted by Crippen LogP contribution is -2.48. The summed E-state index contributed by atoms with van der Waals surface area (Å²) in [6.45, 7) is 6.56. The third kappa shape index (κ3) is 4.74. The molecular formula is C16H27N3O3. The normalized spacial score (nSPS) is 21.3. The van der Waals surface area contributed by atoms with E-state index in [2.05, 4.69) is 10.2 Å². The number of hydrogen-bond acceptors (Lipinski definition) is 4. The molecule has 1 saturated heterocycles. The standard InChI is InChI=1S/C16H27N3O3/c1-12-5-6-14(22-12)11-19(9-8-18(3)4)16(20)17-15-7-10-21-13(15)2/h5-6,13,15H,7-11H2,1-4H3,(H,17,20)/t13-,15-/m1/s1. The van der Waals surface area contributed by atoms with Crippen LogP contribution in [-0.4, -0.2) is 61.8 Å². The van der Waals surface area contributed by atoms with Gasteiger partial charge in [0.2, 0.25) is 0 Å². The van der Waals surface area contributed by atoms with Gasteiger partial charge < -0.3 is 24.3 Å². The van der Waals surface area contributed by atoms with Gasteiger partial charge in [-0.2, -0.15) is 0 Å². The number of aryl methyl sites for hydroxylation is 1. The largest absolute Gasteiger partial charge is 0.464 e. The molecule has 22 heavy (non-hydrogen) atoms. The number of nitrogens with zero attached hydrogens (tertiary/aromatic N) is 2. The SMILES string of the molecule is Cc1ccc(CN(CCN(C)C)C(=O)N[C@@H]2CCO[C@@H]2C)o1. The van der Waals surface area contributed by atoms with Crippen LogP contribution in [0.5, 0.6) is 0 Å². The molecule has 1 aromatic rings. The molecule has 0 aliphatic carbocycles. The van der Waals surface area contributed by atoms with Crippen molar-refractivity contribution in [2.45, 2.75) is 39.0 Å². The average molecular weight is 309 g/mol. The van der Waals surface area contributed by atoms with Crippen molar-refractivity contribution < 1.29 is 13.9 Å². The molecule has 6 nitrogen and oxygen atoms in total. The van der Waals surface area contributed by atoms with Gasteiger partial charge >= 0.3 is 6.03 Å². The van der Waals surface area contributed by atoms with E-state index in [0.29, 0.717) is 19.7 Å². The Morgan fingerprint density at radius 2 is 2.14 bits per heavy atom. The van der Waals surface area contributed by atoms with E-state index in [1.807, 2.05) is 40.1 Å². The van der Waals surface area contributed by atoms with Crippen LogP contribution in [0.25, 0.3) is 0 Å². The van der Waals surface area contributed by atoms with Crippen LogP contribution < -0.4 is 5.32 Å². The summed E-state index contributed by atoms with van der Waals surface area (Å²) in [7, 11) is 4.00. The minimum absolute atomic E-state index is 0.0572. The summed E-state index contributed by atoms with van der Waals surface area (Å²) in [5, 5.41) is 3.08. The number of likely N-dealkylation sites (N-methyl/N-ethyl adjacent to an activating group) is 1. The molecule has 0 spiro atoms. The Labute approximate surface area is 132 Å². The predicted molar refractivity (Wildman–Crippen MR) is 84.8 cm³/mol. The van der Waals surface area contributed by atoms with Crippen molar-refractivity contribution in [1.82, 2.24) is 15.1 Å². The molecule has 1 fully saturated rings. The highest BCUT2D eigenvalue weighted by Gasteiger charge is 2.27. The van der Waals surface area contributed by atoms with Crippen LogP contribution in [0.4, 0.5) is 4.79 Å². The lowest BCUT2D eigenvalue weighted by atomic mass is 10.2. The van der Waals surface area contributed by atoms with Gasteiger partial charge in [0, 0.05) is 19.7 Å². The van der Waals surface area contributed by atoms with Crippen LogP contribution in [-0.2, 0) is 11.3 Å². The van der Waals surface area contributed by atoms with Crippen molar-refractivity contribution in [3.8, 4) is 0 Å².